The first kappa shape index (κ1) is 21.8. The summed E-state index contributed by atoms with van der Waals surface area (Å²) in [5.74, 6) is -4.39. The van der Waals surface area contributed by atoms with E-state index >= 15 is 0 Å². The van der Waals surface area contributed by atoms with E-state index in [9.17, 15) is 22.4 Å². The van der Waals surface area contributed by atoms with Gasteiger partial charge in [0.1, 0.15) is 17.3 Å². The number of halogens is 4. The van der Waals surface area contributed by atoms with E-state index in [1.807, 2.05) is 0 Å². The predicted octanol–water partition coefficient (Wildman–Crippen LogP) is 4.65. The van der Waals surface area contributed by atoms with Gasteiger partial charge >= 0.3 is 0 Å². The van der Waals surface area contributed by atoms with E-state index in [0.29, 0.717) is 11.1 Å². The van der Waals surface area contributed by atoms with Gasteiger partial charge in [-0.15, -0.1) is 0 Å². The third-order valence-corrected chi connectivity index (χ3v) is 5.30. The smallest absolute Gasteiger partial charge is 0.261 e. The topological polar surface area (TPSA) is 72.0 Å². The Bertz CT molecular complexity index is 1200. The zero-order chi connectivity index (χ0) is 22.9. The van der Waals surface area contributed by atoms with Crippen molar-refractivity contribution in [2.24, 2.45) is 0 Å². The monoisotopic (exact) mass is 444 g/mol. The maximum atomic E-state index is 14.1. The zero-order valence-electron chi connectivity index (χ0n) is 16.9. The van der Waals surface area contributed by atoms with Gasteiger partial charge in [-0.1, -0.05) is 24.3 Å². The number of pyridine rings is 1. The first-order valence-corrected chi connectivity index (χ1v) is 9.95. The summed E-state index contributed by atoms with van der Waals surface area (Å²) in [5, 5.41) is 11.2. The molecule has 1 fully saturated rings. The van der Waals surface area contributed by atoms with Crippen molar-refractivity contribution in [2.45, 2.75) is 18.9 Å². The molecule has 3 N–H and O–H groups in total. The predicted molar refractivity (Wildman–Crippen MR) is 114 cm³/mol. The van der Waals surface area contributed by atoms with Crippen molar-refractivity contribution >= 4 is 17.1 Å². The highest BCUT2D eigenvalue weighted by Crippen LogP contribution is 2.29. The minimum atomic E-state index is -2.70. The van der Waals surface area contributed by atoms with Gasteiger partial charge in [0.05, 0.1) is 23.5 Å². The summed E-state index contributed by atoms with van der Waals surface area (Å²) in [7, 11) is 0. The fourth-order valence-electron chi connectivity index (χ4n) is 3.75. The van der Waals surface area contributed by atoms with Crippen LogP contribution in [0.2, 0.25) is 0 Å². The van der Waals surface area contributed by atoms with E-state index in [4.69, 9.17) is 5.41 Å². The molecule has 9 heteroatoms. The van der Waals surface area contributed by atoms with Crippen LogP contribution in [0.15, 0.2) is 59.5 Å². The van der Waals surface area contributed by atoms with E-state index in [0.717, 1.165) is 12.1 Å². The summed E-state index contributed by atoms with van der Waals surface area (Å²) in [6, 6.07) is 11.5. The number of benzene rings is 2. The van der Waals surface area contributed by atoms with Crippen LogP contribution in [0.3, 0.4) is 0 Å². The number of H-pyrrole nitrogens is 1. The summed E-state index contributed by atoms with van der Waals surface area (Å²) < 4.78 is 55.1. The third kappa shape index (κ3) is 4.57. The van der Waals surface area contributed by atoms with E-state index in [1.54, 1.807) is 29.2 Å². The second kappa shape index (κ2) is 8.58. The lowest BCUT2D eigenvalue weighted by Gasteiger charge is -2.17. The quantitative estimate of drug-likeness (QED) is 0.383. The van der Waals surface area contributed by atoms with Gasteiger partial charge in [0.15, 0.2) is 0 Å². The lowest BCUT2D eigenvalue weighted by molar-refractivity contribution is 0.0115. The van der Waals surface area contributed by atoms with Crippen molar-refractivity contribution in [2.75, 3.05) is 18.4 Å². The first-order chi connectivity index (χ1) is 15.2. The summed E-state index contributed by atoms with van der Waals surface area (Å²) in [6.07, 6.45) is 1.12. The van der Waals surface area contributed by atoms with Gasteiger partial charge in [-0.25, -0.2) is 17.6 Å². The number of nitrogens with zero attached hydrogens (tertiary/aromatic N) is 1. The van der Waals surface area contributed by atoms with Gasteiger partial charge in [0.2, 0.25) is 0 Å². The molecular formula is C23H20F4N4O. The number of aromatic amines is 1. The molecule has 1 aliphatic rings. The molecule has 0 spiro atoms. The molecule has 0 unspecified atom stereocenters. The Labute approximate surface area is 181 Å². The van der Waals surface area contributed by atoms with Gasteiger partial charge in [0, 0.05) is 31.3 Å². The molecule has 4 rings (SSSR count). The SMILES string of the molecule is N=C(c1cccc(CN2CCC(F)(F)C2)c1)c1c(Nc2c(F)cccc2F)cc[nH]c1=O. The van der Waals surface area contributed by atoms with Gasteiger partial charge in [0.25, 0.3) is 11.5 Å². The third-order valence-electron chi connectivity index (χ3n) is 5.30. The molecule has 1 aliphatic heterocycles. The Kier molecular flexibility index (Phi) is 5.84. The molecule has 0 amide bonds. The van der Waals surface area contributed by atoms with Crippen molar-refractivity contribution < 1.29 is 17.6 Å². The van der Waals surface area contributed by atoms with Crippen molar-refractivity contribution in [3.05, 3.63) is 93.4 Å². The highest BCUT2D eigenvalue weighted by Gasteiger charge is 2.37. The maximum Gasteiger partial charge on any atom is 0.261 e. The Morgan fingerprint density at radius 1 is 1.12 bits per heavy atom. The standard InChI is InChI=1S/C23H20F4N4O/c24-16-5-2-6-17(25)21(16)30-18-7-9-29-22(32)19(18)20(28)15-4-1-3-14(11-15)12-31-10-8-23(26,27)13-31/h1-7,9,11,28H,8,10,12-13H2,(H2,29,30,32). The minimum Gasteiger partial charge on any atom is -0.350 e. The molecule has 1 saturated heterocycles. The van der Waals surface area contributed by atoms with Crippen LogP contribution in [0.5, 0.6) is 0 Å². The fraction of sp³-hybridized carbons (Fsp3) is 0.217. The average molecular weight is 444 g/mol. The van der Waals surface area contributed by atoms with Crippen LogP contribution in [-0.2, 0) is 6.54 Å². The molecule has 2 aromatic carbocycles. The number of nitrogens with one attached hydrogen (secondary N) is 3. The van der Waals surface area contributed by atoms with Gasteiger partial charge < -0.3 is 10.3 Å². The number of anilines is 2. The van der Waals surface area contributed by atoms with Crippen LogP contribution in [0.25, 0.3) is 0 Å². The van der Waals surface area contributed by atoms with Gasteiger partial charge in [-0.2, -0.15) is 0 Å². The zero-order valence-corrected chi connectivity index (χ0v) is 16.9. The number of hydrogen-bond donors (Lipinski definition) is 3. The molecule has 166 valence electrons. The largest absolute Gasteiger partial charge is 0.350 e. The van der Waals surface area contributed by atoms with Crippen molar-refractivity contribution in [3.8, 4) is 0 Å². The molecule has 1 aromatic heterocycles. The highest BCUT2D eigenvalue weighted by atomic mass is 19.3. The molecule has 2 heterocycles. The Balaban J connectivity index is 1.63. The van der Waals surface area contributed by atoms with E-state index in [1.165, 1.54) is 18.3 Å². The molecule has 3 aromatic rings. The molecule has 0 radical (unpaired) electrons. The summed E-state index contributed by atoms with van der Waals surface area (Å²) in [4.78, 5) is 16.6. The average Bonchev–Trinajstić information content (AvgIpc) is 3.09. The van der Waals surface area contributed by atoms with Gasteiger partial charge in [-0.3, -0.25) is 15.1 Å². The van der Waals surface area contributed by atoms with Crippen LogP contribution in [0.4, 0.5) is 28.9 Å². The van der Waals surface area contributed by atoms with Crippen molar-refractivity contribution in [1.82, 2.24) is 9.88 Å². The lowest BCUT2D eigenvalue weighted by atomic mass is 10.00. The minimum absolute atomic E-state index is 0.0624. The van der Waals surface area contributed by atoms with Crippen LogP contribution in [-0.4, -0.2) is 34.6 Å². The summed E-state index contributed by atoms with van der Waals surface area (Å²) >= 11 is 0. The molecule has 0 saturated carbocycles. The highest BCUT2D eigenvalue weighted by molar-refractivity contribution is 6.14. The van der Waals surface area contributed by atoms with Gasteiger partial charge in [-0.05, 0) is 29.8 Å². The molecule has 0 aliphatic carbocycles. The van der Waals surface area contributed by atoms with Crippen LogP contribution in [0.1, 0.15) is 23.1 Å². The van der Waals surface area contributed by atoms with E-state index in [-0.39, 0.29) is 43.0 Å². The number of rotatable bonds is 6. The number of para-hydroxylation sites is 1. The Morgan fingerprint density at radius 2 is 1.84 bits per heavy atom. The number of hydrogen-bond acceptors (Lipinski definition) is 4. The maximum absolute atomic E-state index is 14.1. The molecule has 0 bridgehead atoms. The Morgan fingerprint density at radius 3 is 2.53 bits per heavy atom. The van der Waals surface area contributed by atoms with Crippen molar-refractivity contribution in [3.63, 3.8) is 0 Å². The first-order valence-electron chi connectivity index (χ1n) is 9.95. The molecule has 5 nitrogen and oxygen atoms in total. The van der Waals surface area contributed by atoms with Crippen LogP contribution < -0.4 is 10.9 Å². The van der Waals surface area contributed by atoms with Crippen LogP contribution in [0, 0.1) is 17.0 Å². The van der Waals surface area contributed by atoms with Crippen LogP contribution >= 0.6 is 0 Å². The number of likely N-dealkylation sites (tertiary alicyclic amines) is 1. The second-order valence-corrected chi connectivity index (χ2v) is 7.71. The normalized spacial score (nSPS) is 15.6. The lowest BCUT2D eigenvalue weighted by Crippen LogP contribution is -2.25. The Hall–Kier alpha value is -3.46. The molecule has 0 atom stereocenters. The number of alkyl halides is 2. The molecular weight excluding hydrogens is 424 g/mol. The van der Waals surface area contributed by atoms with E-state index < -0.39 is 28.8 Å². The second-order valence-electron chi connectivity index (χ2n) is 7.71. The fourth-order valence-corrected chi connectivity index (χ4v) is 3.75. The van der Waals surface area contributed by atoms with E-state index in [2.05, 4.69) is 10.3 Å². The number of aromatic nitrogens is 1. The summed E-state index contributed by atoms with van der Waals surface area (Å²) in [6.45, 7) is 0.234. The van der Waals surface area contributed by atoms with Crippen molar-refractivity contribution in [1.29, 1.82) is 5.41 Å². The molecule has 32 heavy (non-hydrogen) atoms. The summed E-state index contributed by atoms with van der Waals surface area (Å²) in [5.41, 5.74) is -0.154.